The van der Waals surface area contributed by atoms with Crippen LogP contribution in [0.25, 0.3) is 0 Å². The summed E-state index contributed by atoms with van der Waals surface area (Å²) in [5, 5.41) is 0. The van der Waals surface area contributed by atoms with Crippen LogP contribution in [0.3, 0.4) is 0 Å². The zero-order valence-electron chi connectivity index (χ0n) is 39.2. The molecule has 0 fully saturated rings. The molecule has 0 bridgehead atoms. The first-order valence-corrected chi connectivity index (χ1v) is 23.8. The minimum Gasteiger partial charge on any atom is -0.462 e. The van der Waals surface area contributed by atoms with Crippen molar-refractivity contribution in [2.24, 2.45) is 0 Å². The molecule has 0 spiro atoms. The molecule has 6 heteroatoms. The van der Waals surface area contributed by atoms with Crippen LogP contribution < -0.4 is 0 Å². The minimum atomic E-state index is -0.839. The van der Waals surface area contributed by atoms with E-state index < -0.39 is 6.10 Å². The fourth-order valence-corrected chi connectivity index (χ4v) is 5.48. The van der Waals surface area contributed by atoms with Gasteiger partial charge in [-0.3, -0.25) is 14.4 Å². The van der Waals surface area contributed by atoms with Crippen molar-refractivity contribution in [2.75, 3.05) is 13.2 Å². The largest absolute Gasteiger partial charge is 0.462 e. The van der Waals surface area contributed by atoms with Gasteiger partial charge in [0.2, 0.25) is 0 Å². The number of carbonyl (C=O) groups excluding carboxylic acids is 3. The first-order chi connectivity index (χ1) is 31.0. The molecular weight excluding hydrogens is 781 g/mol. The Labute approximate surface area is 383 Å². The predicted octanol–water partition coefficient (Wildman–Crippen LogP) is 15.6. The minimum absolute atomic E-state index is 0.134. The van der Waals surface area contributed by atoms with Crippen molar-refractivity contribution in [1.82, 2.24) is 0 Å². The Morgan fingerprint density at radius 2 is 0.619 bits per heavy atom. The zero-order valence-corrected chi connectivity index (χ0v) is 39.2. The Balaban J connectivity index is 4.64. The number of ether oxygens (including phenoxy) is 3. The molecule has 6 nitrogen and oxygen atoms in total. The number of esters is 3. The highest BCUT2D eigenvalue weighted by molar-refractivity contribution is 5.71. The second kappa shape index (κ2) is 49.4. The van der Waals surface area contributed by atoms with Crippen LogP contribution in [0.2, 0.25) is 0 Å². The van der Waals surface area contributed by atoms with Crippen molar-refractivity contribution in [3.63, 3.8) is 0 Å². The third-order valence-corrected chi connectivity index (χ3v) is 9.04. The average Bonchev–Trinajstić information content (AvgIpc) is 3.28. The van der Waals surface area contributed by atoms with Gasteiger partial charge in [-0.05, 0) is 77.0 Å². The van der Waals surface area contributed by atoms with E-state index >= 15 is 0 Å². The molecule has 346 valence electrons. The van der Waals surface area contributed by atoms with Crippen molar-refractivity contribution < 1.29 is 28.6 Å². The molecule has 0 aromatic heterocycles. The van der Waals surface area contributed by atoms with E-state index in [1.807, 2.05) is 122 Å². The van der Waals surface area contributed by atoms with E-state index in [9.17, 15) is 14.4 Å². The molecule has 0 aromatic carbocycles. The lowest BCUT2D eigenvalue weighted by Gasteiger charge is -2.18. The van der Waals surface area contributed by atoms with Gasteiger partial charge in [0.05, 0.1) is 0 Å². The van der Waals surface area contributed by atoms with E-state index in [0.29, 0.717) is 19.3 Å². The lowest BCUT2D eigenvalue weighted by Crippen LogP contribution is -2.30. The monoisotopic (exact) mass is 863 g/mol. The van der Waals surface area contributed by atoms with Gasteiger partial charge in [-0.1, -0.05) is 223 Å². The fourth-order valence-electron chi connectivity index (χ4n) is 5.48. The summed E-state index contributed by atoms with van der Waals surface area (Å²) in [4.78, 5) is 37.8. The molecule has 0 aliphatic rings. The molecule has 63 heavy (non-hydrogen) atoms. The number of hydrogen-bond donors (Lipinski definition) is 0. The Kier molecular flexibility index (Phi) is 45.3. The summed E-state index contributed by atoms with van der Waals surface area (Å²) < 4.78 is 16.6. The molecule has 0 aliphatic carbocycles. The molecule has 0 saturated carbocycles. The quantitative estimate of drug-likeness (QED) is 0.0265. The zero-order chi connectivity index (χ0) is 45.8. The molecule has 0 heterocycles. The number of rotatable bonds is 39. The standard InChI is InChI=1S/C57H82O6/c1-4-7-10-13-16-19-22-24-26-27-28-29-31-32-35-38-41-44-47-50-56(59)62-53-54(52-61-55(58)49-46-43-40-37-34-21-18-15-12-9-6-3)63-57(60)51-48-45-42-39-36-33-30-25-23-20-17-14-11-8-5-2/h7-8,10-11,13-36,54H,4-6,9,12,37-53H2,1-3H3/b10-7-,11-8-,16-13-,17-14-,18-15-,22-19-,23-20-,26-24-,28-27+,30-25-,31-29-,34-21-,35-32-,36-33-. The van der Waals surface area contributed by atoms with Crippen LogP contribution in [0.4, 0.5) is 0 Å². The van der Waals surface area contributed by atoms with Gasteiger partial charge in [-0.2, -0.15) is 0 Å². The maximum absolute atomic E-state index is 12.7. The first-order valence-electron chi connectivity index (χ1n) is 23.8. The third-order valence-electron chi connectivity index (χ3n) is 9.04. The van der Waals surface area contributed by atoms with Crippen molar-refractivity contribution in [2.45, 2.75) is 155 Å². The van der Waals surface area contributed by atoms with E-state index in [1.165, 1.54) is 12.8 Å². The summed E-state index contributed by atoms with van der Waals surface area (Å²) in [7, 11) is 0. The second-order valence-electron chi connectivity index (χ2n) is 14.9. The summed E-state index contributed by atoms with van der Waals surface area (Å²) in [6, 6.07) is 0. The van der Waals surface area contributed by atoms with Crippen molar-refractivity contribution in [3.05, 3.63) is 170 Å². The maximum Gasteiger partial charge on any atom is 0.306 e. The van der Waals surface area contributed by atoms with Crippen molar-refractivity contribution in [3.8, 4) is 0 Å². The molecule has 0 N–H and O–H groups in total. The highest BCUT2D eigenvalue weighted by Gasteiger charge is 2.19. The van der Waals surface area contributed by atoms with Crippen LogP contribution in [-0.2, 0) is 28.6 Å². The van der Waals surface area contributed by atoms with Gasteiger partial charge in [0.25, 0.3) is 0 Å². The van der Waals surface area contributed by atoms with Gasteiger partial charge in [0, 0.05) is 19.3 Å². The Bertz CT molecular complexity index is 1550. The highest BCUT2D eigenvalue weighted by Crippen LogP contribution is 2.10. The fraction of sp³-hybridized carbons (Fsp3) is 0.456. The summed E-state index contributed by atoms with van der Waals surface area (Å²) in [6.07, 6.45) is 73.3. The molecule has 0 saturated heterocycles. The van der Waals surface area contributed by atoms with Crippen LogP contribution in [-0.4, -0.2) is 37.2 Å². The van der Waals surface area contributed by atoms with E-state index in [0.717, 1.165) is 83.5 Å². The van der Waals surface area contributed by atoms with Crippen LogP contribution in [0.1, 0.15) is 149 Å². The van der Waals surface area contributed by atoms with E-state index in [-0.39, 0.29) is 44.0 Å². The van der Waals surface area contributed by atoms with Crippen molar-refractivity contribution >= 4 is 17.9 Å². The Morgan fingerprint density at radius 1 is 0.333 bits per heavy atom. The lowest BCUT2D eigenvalue weighted by atomic mass is 10.1. The molecule has 1 atom stereocenters. The SMILES string of the molecule is CC\C=C/C=C\C=C/C=C\C=C/CCCCCC(=O)OC(COC(=O)CCCCC\C=C/C=C\C=C\C=C/C=C\C=C/C=C\CC)COC(=O)CCCCC/C=C\C=C/CCCC. The maximum atomic E-state index is 12.7. The molecular formula is C57H82O6. The topological polar surface area (TPSA) is 78.9 Å². The highest BCUT2D eigenvalue weighted by atomic mass is 16.6. The average molecular weight is 863 g/mol. The van der Waals surface area contributed by atoms with Gasteiger partial charge >= 0.3 is 17.9 Å². The van der Waals surface area contributed by atoms with Crippen LogP contribution in [0, 0.1) is 0 Å². The normalized spacial score (nSPS) is 13.6. The molecule has 0 radical (unpaired) electrons. The van der Waals surface area contributed by atoms with Crippen LogP contribution >= 0.6 is 0 Å². The lowest BCUT2D eigenvalue weighted by molar-refractivity contribution is -0.167. The summed E-state index contributed by atoms with van der Waals surface area (Å²) >= 11 is 0. The van der Waals surface area contributed by atoms with Gasteiger partial charge in [0.15, 0.2) is 6.10 Å². The van der Waals surface area contributed by atoms with Gasteiger partial charge in [0.1, 0.15) is 13.2 Å². The second-order valence-corrected chi connectivity index (χ2v) is 14.9. The number of hydrogen-bond acceptors (Lipinski definition) is 6. The first kappa shape index (κ1) is 57.8. The number of allylic oxidation sites excluding steroid dienone is 28. The third kappa shape index (κ3) is 47.7. The van der Waals surface area contributed by atoms with E-state index in [2.05, 4.69) is 69.4 Å². The van der Waals surface area contributed by atoms with Gasteiger partial charge < -0.3 is 14.2 Å². The number of carbonyl (C=O) groups is 3. The Morgan fingerprint density at radius 3 is 0.952 bits per heavy atom. The van der Waals surface area contributed by atoms with Crippen LogP contribution in [0.5, 0.6) is 0 Å². The van der Waals surface area contributed by atoms with Crippen molar-refractivity contribution in [1.29, 1.82) is 0 Å². The van der Waals surface area contributed by atoms with Crippen LogP contribution in [0.15, 0.2) is 170 Å². The molecule has 0 amide bonds. The smallest absolute Gasteiger partial charge is 0.306 e. The summed E-state index contributed by atoms with van der Waals surface area (Å²) in [6.45, 7) is 6.14. The number of unbranched alkanes of at least 4 members (excludes halogenated alkanes) is 11. The molecule has 0 rings (SSSR count). The molecule has 1 unspecified atom stereocenters. The van der Waals surface area contributed by atoms with Gasteiger partial charge in [-0.15, -0.1) is 0 Å². The summed E-state index contributed by atoms with van der Waals surface area (Å²) in [5.74, 6) is -1.07. The van der Waals surface area contributed by atoms with E-state index in [1.54, 1.807) is 0 Å². The van der Waals surface area contributed by atoms with Gasteiger partial charge in [-0.25, -0.2) is 0 Å². The molecule has 0 aromatic rings. The molecule has 0 aliphatic heterocycles. The Hall–Kier alpha value is -5.23. The predicted molar refractivity (Wildman–Crippen MR) is 269 cm³/mol. The summed E-state index contributed by atoms with van der Waals surface area (Å²) in [5.41, 5.74) is 0. The van der Waals surface area contributed by atoms with E-state index in [4.69, 9.17) is 14.2 Å².